The molecule has 33 heavy (non-hydrogen) atoms. The fourth-order valence-electron chi connectivity index (χ4n) is 3.97. The molecule has 3 aromatic rings. The van der Waals surface area contributed by atoms with Crippen LogP contribution in [0.3, 0.4) is 0 Å². The Bertz CT molecular complexity index is 1120. The number of alkyl carbamates (subject to hydrolysis) is 1. The molecule has 2 amide bonds. The summed E-state index contributed by atoms with van der Waals surface area (Å²) in [7, 11) is 1.45. The second-order valence-corrected chi connectivity index (χ2v) is 7.65. The van der Waals surface area contributed by atoms with Crippen LogP contribution in [-0.4, -0.2) is 57.8 Å². The number of carbonyl (C=O) groups is 3. The summed E-state index contributed by atoms with van der Waals surface area (Å²) in [4.78, 5) is 41.6. The van der Waals surface area contributed by atoms with E-state index in [0.717, 1.165) is 22.3 Å². The van der Waals surface area contributed by atoms with Crippen molar-refractivity contribution in [3.8, 4) is 11.1 Å². The summed E-state index contributed by atoms with van der Waals surface area (Å²) in [6.07, 6.45) is -0.281. The van der Waals surface area contributed by atoms with Crippen LogP contribution in [0, 0.1) is 0 Å². The van der Waals surface area contributed by atoms with Gasteiger partial charge in [-0.15, -0.1) is 0 Å². The number of aliphatic carboxylic acids is 1. The zero-order valence-corrected chi connectivity index (χ0v) is 17.8. The van der Waals surface area contributed by atoms with Crippen molar-refractivity contribution in [2.24, 2.45) is 0 Å². The number of rotatable bonds is 8. The predicted octanol–water partition coefficient (Wildman–Crippen LogP) is 2.41. The first-order valence-corrected chi connectivity index (χ1v) is 10.3. The van der Waals surface area contributed by atoms with Gasteiger partial charge in [0.1, 0.15) is 12.6 Å². The molecule has 1 unspecified atom stereocenters. The zero-order valence-electron chi connectivity index (χ0n) is 17.8. The van der Waals surface area contributed by atoms with E-state index in [2.05, 4.69) is 15.5 Å². The van der Waals surface area contributed by atoms with Crippen molar-refractivity contribution >= 4 is 18.0 Å². The largest absolute Gasteiger partial charge is 0.481 e. The summed E-state index contributed by atoms with van der Waals surface area (Å²) in [5, 5.41) is 15.0. The van der Waals surface area contributed by atoms with Crippen molar-refractivity contribution < 1.29 is 28.8 Å². The summed E-state index contributed by atoms with van der Waals surface area (Å²) < 4.78 is 10.3. The minimum atomic E-state index is -1.31. The third-order valence-corrected chi connectivity index (χ3v) is 5.47. The highest BCUT2D eigenvalue weighted by Crippen LogP contribution is 2.44. The highest BCUT2D eigenvalue weighted by molar-refractivity contribution is 5.89. The molecule has 1 aliphatic rings. The van der Waals surface area contributed by atoms with Crippen LogP contribution < -0.4 is 5.32 Å². The molecule has 0 aliphatic heterocycles. The molecule has 1 atom stereocenters. The van der Waals surface area contributed by atoms with Gasteiger partial charge in [-0.1, -0.05) is 53.7 Å². The van der Waals surface area contributed by atoms with Gasteiger partial charge >= 0.3 is 12.1 Å². The number of nitrogens with one attached hydrogen (secondary N) is 1. The van der Waals surface area contributed by atoms with Crippen molar-refractivity contribution in [1.82, 2.24) is 20.4 Å². The maximum atomic E-state index is 12.7. The van der Waals surface area contributed by atoms with Crippen LogP contribution in [0.15, 0.2) is 59.4 Å². The van der Waals surface area contributed by atoms with E-state index in [4.69, 9.17) is 9.26 Å². The van der Waals surface area contributed by atoms with Gasteiger partial charge in [0, 0.05) is 13.0 Å². The summed E-state index contributed by atoms with van der Waals surface area (Å²) in [6.45, 7) is 0.0208. The number of ether oxygens (including phenoxy) is 1. The second-order valence-electron chi connectivity index (χ2n) is 7.65. The molecule has 0 saturated carbocycles. The van der Waals surface area contributed by atoms with Gasteiger partial charge in [0.15, 0.2) is 6.33 Å². The van der Waals surface area contributed by atoms with E-state index in [1.807, 2.05) is 48.5 Å². The molecule has 4 rings (SSSR count). The number of aromatic nitrogens is 2. The van der Waals surface area contributed by atoms with Crippen LogP contribution in [0.1, 0.15) is 29.4 Å². The first kappa shape index (κ1) is 22.0. The van der Waals surface area contributed by atoms with Crippen molar-refractivity contribution in [2.45, 2.75) is 24.9 Å². The average molecular weight is 450 g/mol. The van der Waals surface area contributed by atoms with Gasteiger partial charge in [0.05, 0.1) is 13.0 Å². The molecular formula is C23H22N4O6. The Morgan fingerprint density at radius 1 is 1.12 bits per heavy atom. The minimum Gasteiger partial charge on any atom is -0.481 e. The van der Waals surface area contributed by atoms with Crippen molar-refractivity contribution in [2.75, 3.05) is 13.7 Å². The van der Waals surface area contributed by atoms with Gasteiger partial charge < -0.3 is 24.6 Å². The number of hydrogen-bond donors (Lipinski definition) is 2. The zero-order chi connectivity index (χ0) is 23.4. The minimum absolute atomic E-state index is 0.0265. The van der Waals surface area contributed by atoms with Crippen LogP contribution in [-0.2, 0) is 20.9 Å². The number of fused-ring (bicyclic) bond motifs is 3. The topological polar surface area (TPSA) is 135 Å². The van der Waals surface area contributed by atoms with Crippen LogP contribution in [0.4, 0.5) is 4.79 Å². The lowest BCUT2D eigenvalue weighted by molar-refractivity contribution is -0.142. The summed E-state index contributed by atoms with van der Waals surface area (Å²) in [6, 6.07) is 14.5. The Hall–Kier alpha value is -4.21. The van der Waals surface area contributed by atoms with Gasteiger partial charge in [-0.25, -0.2) is 4.79 Å². The molecule has 2 N–H and O–H groups in total. The number of hydrogen-bond acceptors (Lipinski definition) is 7. The summed E-state index contributed by atoms with van der Waals surface area (Å²) >= 11 is 0. The average Bonchev–Trinajstić information content (AvgIpc) is 3.42. The van der Waals surface area contributed by atoms with Gasteiger partial charge in [0.2, 0.25) is 11.8 Å². The summed E-state index contributed by atoms with van der Waals surface area (Å²) in [5.41, 5.74) is 4.26. The van der Waals surface area contributed by atoms with Crippen LogP contribution >= 0.6 is 0 Å². The SMILES string of the molecule is CN(Cc1ncno1)C(=O)C(CC(=O)O)NC(=O)OCC1c2ccccc2-c2ccccc21. The number of carboxylic acids is 1. The fourth-order valence-corrected chi connectivity index (χ4v) is 3.97. The molecule has 170 valence electrons. The van der Waals surface area contributed by atoms with Gasteiger partial charge in [-0.05, 0) is 22.3 Å². The Labute approximate surface area is 189 Å². The number of carboxylic acid groups (broad SMARTS) is 1. The molecule has 10 heteroatoms. The second kappa shape index (κ2) is 9.51. The predicted molar refractivity (Wildman–Crippen MR) is 115 cm³/mol. The highest BCUT2D eigenvalue weighted by Gasteiger charge is 2.31. The molecule has 10 nitrogen and oxygen atoms in total. The quantitative estimate of drug-likeness (QED) is 0.534. The lowest BCUT2D eigenvalue weighted by Crippen LogP contribution is -2.48. The molecular weight excluding hydrogens is 428 g/mol. The van der Waals surface area contributed by atoms with Crippen LogP contribution in [0.2, 0.25) is 0 Å². The van der Waals surface area contributed by atoms with Crippen LogP contribution in [0.25, 0.3) is 11.1 Å². The molecule has 1 aromatic heterocycles. The number of amides is 2. The first-order valence-electron chi connectivity index (χ1n) is 10.3. The van der Waals surface area contributed by atoms with E-state index in [9.17, 15) is 19.5 Å². The molecule has 1 aliphatic carbocycles. The highest BCUT2D eigenvalue weighted by atomic mass is 16.5. The van der Waals surface area contributed by atoms with Crippen molar-refractivity contribution in [3.63, 3.8) is 0 Å². The van der Waals surface area contributed by atoms with Gasteiger partial charge in [-0.2, -0.15) is 4.98 Å². The molecule has 0 bridgehead atoms. The first-order chi connectivity index (χ1) is 15.9. The molecule has 0 saturated heterocycles. The van der Waals surface area contributed by atoms with E-state index in [0.29, 0.717) is 0 Å². The van der Waals surface area contributed by atoms with Gasteiger partial charge in [-0.3, -0.25) is 9.59 Å². The maximum absolute atomic E-state index is 12.7. The number of likely N-dealkylation sites (N-methyl/N-ethyl adjacent to an activating group) is 1. The lowest BCUT2D eigenvalue weighted by Gasteiger charge is -2.23. The van der Waals surface area contributed by atoms with Crippen LogP contribution in [0.5, 0.6) is 0 Å². The Morgan fingerprint density at radius 2 is 1.76 bits per heavy atom. The number of benzene rings is 2. The van der Waals surface area contributed by atoms with E-state index in [1.54, 1.807) is 0 Å². The van der Waals surface area contributed by atoms with Gasteiger partial charge in [0.25, 0.3) is 0 Å². The third kappa shape index (κ3) is 4.84. The molecule has 0 spiro atoms. The number of nitrogens with zero attached hydrogens (tertiary/aromatic N) is 3. The number of carbonyl (C=O) groups excluding carboxylic acids is 2. The van der Waals surface area contributed by atoms with Crippen molar-refractivity contribution in [1.29, 1.82) is 0 Å². The molecule has 0 radical (unpaired) electrons. The standard InChI is InChI=1S/C23H22N4O6/c1-27(11-20-24-13-25-33-20)22(30)19(10-21(28)29)26-23(31)32-12-18-16-8-4-2-6-14(16)15-7-3-5-9-17(15)18/h2-9,13,18-19H,10-12H2,1H3,(H,26,31)(H,28,29). The van der Waals surface area contributed by atoms with Crippen molar-refractivity contribution in [3.05, 3.63) is 71.9 Å². The van der Waals surface area contributed by atoms with E-state index in [-0.39, 0.29) is 25.0 Å². The Kier molecular flexibility index (Phi) is 6.34. The molecule has 0 fully saturated rings. The lowest BCUT2D eigenvalue weighted by atomic mass is 9.98. The fraction of sp³-hybridized carbons (Fsp3) is 0.261. The maximum Gasteiger partial charge on any atom is 0.407 e. The molecule has 1 heterocycles. The van der Waals surface area contributed by atoms with E-state index in [1.165, 1.54) is 18.3 Å². The van der Waals surface area contributed by atoms with E-state index >= 15 is 0 Å². The monoisotopic (exact) mass is 450 g/mol. The Balaban J connectivity index is 1.42. The summed E-state index contributed by atoms with van der Waals surface area (Å²) in [5.74, 6) is -1.83. The smallest absolute Gasteiger partial charge is 0.407 e. The molecule has 2 aromatic carbocycles. The third-order valence-electron chi connectivity index (χ3n) is 5.47. The normalized spacial score (nSPS) is 13.0. The van der Waals surface area contributed by atoms with E-state index < -0.39 is 30.4 Å². The Morgan fingerprint density at radius 3 is 2.33 bits per heavy atom.